The molecule has 94 valence electrons. The van der Waals surface area contributed by atoms with Gasteiger partial charge < -0.3 is 9.88 Å². The van der Waals surface area contributed by atoms with Gasteiger partial charge in [0.2, 0.25) is 0 Å². The van der Waals surface area contributed by atoms with Crippen LogP contribution in [0.1, 0.15) is 49.8 Å². The standard InChI is InChI=1S/C14H23N3/c1-2-3-14-16-12-10-15-8-6-13(12)17(14)9-7-11-4-5-11/h11,15H,2-10H2,1H3. The molecule has 3 heteroatoms. The summed E-state index contributed by atoms with van der Waals surface area (Å²) < 4.78 is 2.54. The van der Waals surface area contributed by atoms with Gasteiger partial charge in [0.25, 0.3) is 0 Å². The third-order valence-corrected chi connectivity index (χ3v) is 4.00. The molecule has 0 bridgehead atoms. The Morgan fingerprint density at radius 2 is 2.29 bits per heavy atom. The van der Waals surface area contributed by atoms with Gasteiger partial charge in [0, 0.05) is 38.2 Å². The second kappa shape index (κ2) is 4.81. The van der Waals surface area contributed by atoms with Gasteiger partial charge in [0.1, 0.15) is 5.82 Å². The van der Waals surface area contributed by atoms with Gasteiger partial charge in [0.05, 0.1) is 5.69 Å². The van der Waals surface area contributed by atoms with Gasteiger partial charge in [-0.15, -0.1) is 0 Å². The van der Waals surface area contributed by atoms with Crippen LogP contribution in [-0.2, 0) is 25.9 Å². The van der Waals surface area contributed by atoms with E-state index in [1.165, 1.54) is 49.4 Å². The molecular weight excluding hydrogens is 210 g/mol. The number of nitrogens with zero attached hydrogens (tertiary/aromatic N) is 2. The van der Waals surface area contributed by atoms with E-state index in [0.29, 0.717) is 0 Å². The molecule has 1 saturated carbocycles. The van der Waals surface area contributed by atoms with Crippen molar-refractivity contribution >= 4 is 0 Å². The molecule has 1 N–H and O–H groups in total. The molecule has 2 heterocycles. The molecule has 1 aromatic rings. The maximum Gasteiger partial charge on any atom is 0.109 e. The number of nitrogens with one attached hydrogen (secondary N) is 1. The zero-order chi connectivity index (χ0) is 11.7. The van der Waals surface area contributed by atoms with Crippen LogP contribution in [0.25, 0.3) is 0 Å². The van der Waals surface area contributed by atoms with Crippen LogP contribution in [0.15, 0.2) is 0 Å². The number of rotatable bonds is 5. The van der Waals surface area contributed by atoms with Crippen molar-refractivity contribution in [3.63, 3.8) is 0 Å². The molecule has 3 rings (SSSR count). The molecular formula is C14H23N3. The molecule has 0 aromatic carbocycles. The molecule has 0 spiro atoms. The van der Waals surface area contributed by atoms with Crippen molar-refractivity contribution < 1.29 is 0 Å². The van der Waals surface area contributed by atoms with E-state index in [-0.39, 0.29) is 0 Å². The minimum atomic E-state index is 0.975. The lowest BCUT2D eigenvalue weighted by atomic mass is 10.1. The van der Waals surface area contributed by atoms with Crippen molar-refractivity contribution in [2.75, 3.05) is 6.54 Å². The Morgan fingerprint density at radius 3 is 3.06 bits per heavy atom. The van der Waals surface area contributed by atoms with Crippen molar-refractivity contribution in [2.24, 2.45) is 5.92 Å². The highest BCUT2D eigenvalue weighted by Crippen LogP contribution is 2.33. The van der Waals surface area contributed by atoms with Gasteiger partial charge in [-0.25, -0.2) is 4.98 Å². The topological polar surface area (TPSA) is 29.9 Å². The van der Waals surface area contributed by atoms with Crippen molar-refractivity contribution in [3.05, 3.63) is 17.2 Å². The normalized spacial score (nSPS) is 19.4. The van der Waals surface area contributed by atoms with E-state index in [0.717, 1.165) is 31.8 Å². The molecule has 0 saturated heterocycles. The van der Waals surface area contributed by atoms with E-state index >= 15 is 0 Å². The van der Waals surface area contributed by atoms with Crippen LogP contribution in [0.4, 0.5) is 0 Å². The van der Waals surface area contributed by atoms with Gasteiger partial charge in [-0.3, -0.25) is 0 Å². The number of hydrogen-bond donors (Lipinski definition) is 1. The lowest BCUT2D eigenvalue weighted by Crippen LogP contribution is -2.25. The first-order chi connectivity index (χ1) is 8.38. The summed E-state index contributed by atoms with van der Waals surface area (Å²) in [5.74, 6) is 2.35. The predicted molar refractivity (Wildman–Crippen MR) is 69.0 cm³/mol. The van der Waals surface area contributed by atoms with Gasteiger partial charge in [-0.1, -0.05) is 19.8 Å². The predicted octanol–water partition coefficient (Wildman–Crippen LogP) is 2.28. The molecule has 0 atom stereocenters. The number of fused-ring (bicyclic) bond motifs is 1. The summed E-state index contributed by atoms with van der Waals surface area (Å²) in [5.41, 5.74) is 2.84. The molecule has 17 heavy (non-hydrogen) atoms. The summed E-state index contributed by atoms with van der Waals surface area (Å²) in [6.45, 7) is 5.55. The molecule has 1 fully saturated rings. The van der Waals surface area contributed by atoms with Gasteiger partial charge in [-0.2, -0.15) is 0 Å². The Bertz CT molecular complexity index is 390. The Kier molecular flexibility index (Phi) is 3.19. The van der Waals surface area contributed by atoms with Crippen molar-refractivity contribution in [2.45, 2.75) is 58.5 Å². The molecule has 1 aliphatic heterocycles. The summed E-state index contributed by atoms with van der Waals surface area (Å²) in [5, 5.41) is 3.42. The Hall–Kier alpha value is -0.830. The van der Waals surface area contributed by atoms with Crippen LogP contribution in [0, 0.1) is 5.92 Å². The van der Waals surface area contributed by atoms with Crippen LogP contribution in [-0.4, -0.2) is 16.1 Å². The Morgan fingerprint density at radius 1 is 1.41 bits per heavy atom. The molecule has 1 aliphatic carbocycles. The number of aromatic nitrogens is 2. The molecule has 3 nitrogen and oxygen atoms in total. The number of aryl methyl sites for hydroxylation is 1. The average Bonchev–Trinajstić information content (AvgIpc) is 3.10. The summed E-state index contributed by atoms with van der Waals surface area (Å²) in [7, 11) is 0. The summed E-state index contributed by atoms with van der Waals surface area (Å²) in [6, 6.07) is 0. The maximum atomic E-state index is 4.84. The highest BCUT2D eigenvalue weighted by molar-refractivity contribution is 5.20. The first kappa shape index (κ1) is 11.3. The highest BCUT2D eigenvalue weighted by Gasteiger charge is 2.23. The quantitative estimate of drug-likeness (QED) is 0.845. The fraction of sp³-hybridized carbons (Fsp3) is 0.786. The first-order valence-electron chi connectivity index (χ1n) is 7.16. The van der Waals surface area contributed by atoms with E-state index in [1.807, 2.05) is 0 Å². The van der Waals surface area contributed by atoms with E-state index in [2.05, 4.69) is 16.8 Å². The smallest absolute Gasteiger partial charge is 0.109 e. The van der Waals surface area contributed by atoms with Crippen LogP contribution in [0.3, 0.4) is 0 Å². The largest absolute Gasteiger partial charge is 0.332 e. The van der Waals surface area contributed by atoms with Gasteiger partial charge in [0.15, 0.2) is 0 Å². The minimum Gasteiger partial charge on any atom is -0.332 e. The van der Waals surface area contributed by atoms with Crippen molar-refractivity contribution in [1.82, 2.24) is 14.9 Å². The molecule has 0 radical (unpaired) electrons. The fourth-order valence-corrected chi connectivity index (χ4v) is 2.82. The zero-order valence-corrected chi connectivity index (χ0v) is 10.8. The monoisotopic (exact) mass is 233 g/mol. The summed E-state index contributed by atoms with van der Waals surface area (Å²) in [4.78, 5) is 4.84. The van der Waals surface area contributed by atoms with Crippen LogP contribution < -0.4 is 5.32 Å². The SMILES string of the molecule is CCCc1nc2c(n1CCC1CC1)CCNC2. The average molecular weight is 233 g/mol. The van der Waals surface area contributed by atoms with E-state index in [1.54, 1.807) is 0 Å². The minimum absolute atomic E-state index is 0.975. The van der Waals surface area contributed by atoms with E-state index in [4.69, 9.17) is 4.98 Å². The lowest BCUT2D eigenvalue weighted by Gasteiger charge is -2.16. The van der Waals surface area contributed by atoms with E-state index < -0.39 is 0 Å². The number of hydrogen-bond acceptors (Lipinski definition) is 2. The molecule has 0 amide bonds. The molecule has 0 unspecified atom stereocenters. The second-order valence-electron chi connectivity index (χ2n) is 5.48. The fourth-order valence-electron chi connectivity index (χ4n) is 2.82. The van der Waals surface area contributed by atoms with Crippen LogP contribution >= 0.6 is 0 Å². The highest BCUT2D eigenvalue weighted by atomic mass is 15.1. The molecule has 1 aromatic heterocycles. The second-order valence-corrected chi connectivity index (χ2v) is 5.48. The number of imidazole rings is 1. The zero-order valence-electron chi connectivity index (χ0n) is 10.8. The Balaban J connectivity index is 1.82. The first-order valence-corrected chi connectivity index (χ1v) is 7.16. The summed E-state index contributed by atoms with van der Waals surface area (Å²) in [6.07, 6.45) is 7.79. The summed E-state index contributed by atoms with van der Waals surface area (Å²) >= 11 is 0. The Labute approximate surface area is 104 Å². The van der Waals surface area contributed by atoms with Gasteiger partial charge in [-0.05, 0) is 18.8 Å². The van der Waals surface area contributed by atoms with E-state index in [9.17, 15) is 0 Å². The lowest BCUT2D eigenvalue weighted by molar-refractivity contribution is 0.536. The maximum absolute atomic E-state index is 4.84. The third-order valence-electron chi connectivity index (χ3n) is 4.00. The van der Waals surface area contributed by atoms with Crippen LogP contribution in [0.5, 0.6) is 0 Å². The molecule has 2 aliphatic rings. The van der Waals surface area contributed by atoms with Crippen molar-refractivity contribution in [1.29, 1.82) is 0 Å². The van der Waals surface area contributed by atoms with Gasteiger partial charge >= 0.3 is 0 Å². The van der Waals surface area contributed by atoms with Crippen molar-refractivity contribution in [3.8, 4) is 0 Å². The third kappa shape index (κ3) is 2.39. The van der Waals surface area contributed by atoms with Crippen LogP contribution in [0.2, 0.25) is 0 Å².